The van der Waals surface area contributed by atoms with Gasteiger partial charge in [0.1, 0.15) is 0 Å². The van der Waals surface area contributed by atoms with Gasteiger partial charge in [-0.2, -0.15) is 5.10 Å². The molecule has 3 aromatic rings. The van der Waals surface area contributed by atoms with Crippen molar-refractivity contribution in [3.05, 3.63) is 52.4 Å². The largest absolute Gasteiger partial charge is 0.349 e. The maximum atomic E-state index is 12.2. The zero-order valence-corrected chi connectivity index (χ0v) is 14.7. The van der Waals surface area contributed by atoms with Gasteiger partial charge in [0.2, 0.25) is 5.91 Å². The first-order chi connectivity index (χ1) is 11.6. The van der Waals surface area contributed by atoms with Crippen LogP contribution in [0.25, 0.3) is 10.7 Å². The lowest BCUT2D eigenvalue weighted by Gasteiger charge is -2.14. The topological polar surface area (TPSA) is 75.6 Å². The van der Waals surface area contributed by atoms with E-state index in [-0.39, 0.29) is 11.9 Å². The lowest BCUT2D eigenvalue weighted by Crippen LogP contribution is -2.27. The second kappa shape index (κ2) is 7.50. The SMILES string of the molecule is CC(NC(=O)CCn1c(-c2cccs2)n[nH]c1=S)c1cccnc1. The predicted molar refractivity (Wildman–Crippen MR) is 96.1 cm³/mol. The van der Waals surface area contributed by atoms with E-state index in [1.807, 2.05) is 41.1 Å². The number of H-pyrrole nitrogens is 1. The minimum Gasteiger partial charge on any atom is -0.349 e. The van der Waals surface area contributed by atoms with E-state index in [4.69, 9.17) is 12.2 Å². The first kappa shape index (κ1) is 16.5. The van der Waals surface area contributed by atoms with E-state index in [9.17, 15) is 4.79 Å². The highest BCUT2D eigenvalue weighted by Gasteiger charge is 2.13. The number of hydrogen-bond donors (Lipinski definition) is 2. The van der Waals surface area contributed by atoms with E-state index in [0.717, 1.165) is 16.3 Å². The Kier molecular flexibility index (Phi) is 5.17. The molecule has 124 valence electrons. The number of carbonyl (C=O) groups excluding carboxylic acids is 1. The fraction of sp³-hybridized carbons (Fsp3) is 0.250. The normalized spacial score (nSPS) is 12.0. The molecule has 0 aliphatic rings. The lowest BCUT2D eigenvalue weighted by molar-refractivity contribution is -0.121. The molecule has 0 radical (unpaired) electrons. The average molecular weight is 359 g/mol. The second-order valence-corrected chi connectivity index (χ2v) is 6.64. The van der Waals surface area contributed by atoms with Gasteiger partial charge >= 0.3 is 0 Å². The highest BCUT2D eigenvalue weighted by Crippen LogP contribution is 2.22. The van der Waals surface area contributed by atoms with Crippen molar-refractivity contribution in [2.45, 2.75) is 25.9 Å². The third-order valence-electron chi connectivity index (χ3n) is 3.62. The van der Waals surface area contributed by atoms with Crippen molar-refractivity contribution in [1.29, 1.82) is 0 Å². The Hall–Kier alpha value is -2.32. The van der Waals surface area contributed by atoms with Crippen molar-refractivity contribution in [2.24, 2.45) is 0 Å². The van der Waals surface area contributed by atoms with Crippen LogP contribution in [0.2, 0.25) is 0 Å². The van der Waals surface area contributed by atoms with E-state index in [2.05, 4.69) is 20.5 Å². The van der Waals surface area contributed by atoms with Crippen molar-refractivity contribution in [2.75, 3.05) is 0 Å². The zero-order chi connectivity index (χ0) is 16.9. The molecule has 0 spiro atoms. The quantitative estimate of drug-likeness (QED) is 0.662. The molecule has 0 aliphatic carbocycles. The number of thiophene rings is 1. The van der Waals surface area contributed by atoms with E-state index < -0.39 is 0 Å². The minimum absolute atomic E-state index is 0.0356. The van der Waals surface area contributed by atoms with E-state index in [1.54, 1.807) is 23.7 Å². The van der Waals surface area contributed by atoms with Crippen molar-refractivity contribution < 1.29 is 4.79 Å². The molecular weight excluding hydrogens is 342 g/mol. The maximum Gasteiger partial charge on any atom is 0.222 e. The van der Waals surface area contributed by atoms with Gasteiger partial charge in [-0.15, -0.1) is 11.3 Å². The molecule has 0 saturated heterocycles. The molecule has 0 fully saturated rings. The smallest absolute Gasteiger partial charge is 0.222 e. The van der Waals surface area contributed by atoms with E-state index in [0.29, 0.717) is 17.7 Å². The summed E-state index contributed by atoms with van der Waals surface area (Å²) in [6, 6.07) is 7.66. The van der Waals surface area contributed by atoms with Crippen molar-refractivity contribution in [3.8, 4) is 10.7 Å². The number of pyridine rings is 1. The van der Waals surface area contributed by atoms with Gasteiger partial charge < -0.3 is 5.32 Å². The molecule has 8 heteroatoms. The summed E-state index contributed by atoms with van der Waals surface area (Å²) in [6.07, 6.45) is 3.80. The summed E-state index contributed by atoms with van der Waals surface area (Å²) in [5, 5.41) is 12.0. The van der Waals surface area contributed by atoms with E-state index in [1.165, 1.54) is 0 Å². The molecule has 1 amide bonds. The molecule has 0 aliphatic heterocycles. The number of amides is 1. The molecule has 3 rings (SSSR count). The predicted octanol–water partition coefficient (Wildman–Crippen LogP) is 3.33. The molecule has 3 aromatic heterocycles. The first-order valence-corrected chi connectivity index (χ1v) is 8.82. The van der Waals surface area contributed by atoms with Crippen LogP contribution in [-0.2, 0) is 11.3 Å². The molecule has 1 unspecified atom stereocenters. The highest BCUT2D eigenvalue weighted by molar-refractivity contribution is 7.71. The highest BCUT2D eigenvalue weighted by atomic mass is 32.1. The van der Waals surface area contributed by atoms with Crippen molar-refractivity contribution >= 4 is 29.5 Å². The average Bonchev–Trinajstić information content (AvgIpc) is 3.23. The Bertz CT molecular complexity index is 854. The van der Waals surface area contributed by atoms with Crippen molar-refractivity contribution in [1.82, 2.24) is 25.1 Å². The van der Waals surface area contributed by atoms with Gasteiger partial charge in [0.15, 0.2) is 10.6 Å². The summed E-state index contributed by atoms with van der Waals surface area (Å²) in [6.45, 7) is 2.42. The molecule has 0 bridgehead atoms. The number of nitrogens with one attached hydrogen (secondary N) is 2. The summed E-state index contributed by atoms with van der Waals surface area (Å²) in [5.74, 6) is 0.731. The number of carbonyl (C=O) groups is 1. The Morgan fingerprint density at radius 2 is 2.33 bits per heavy atom. The molecule has 6 nitrogen and oxygen atoms in total. The fourth-order valence-electron chi connectivity index (χ4n) is 2.36. The third-order valence-corrected chi connectivity index (χ3v) is 4.80. The summed E-state index contributed by atoms with van der Waals surface area (Å²) in [7, 11) is 0. The number of aromatic nitrogens is 4. The maximum absolute atomic E-state index is 12.2. The molecule has 2 N–H and O–H groups in total. The lowest BCUT2D eigenvalue weighted by atomic mass is 10.1. The summed E-state index contributed by atoms with van der Waals surface area (Å²) in [5.41, 5.74) is 0.977. The zero-order valence-electron chi connectivity index (χ0n) is 13.1. The van der Waals surface area contributed by atoms with Crippen LogP contribution in [0.4, 0.5) is 0 Å². The summed E-state index contributed by atoms with van der Waals surface area (Å²) < 4.78 is 2.38. The van der Waals surface area contributed by atoms with Gasteiger partial charge in [-0.25, -0.2) is 0 Å². The molecule has 3 heterocycles. The standard InChI is InChI=1S/C16H17N5OS2/c1-11(12-4-2-7-17-10-12)18-14(22)6-8-21-15(19-20-16(21)23)13-5-3-9-24-13/h2-5,7,9-11H,6,8H2,1H3,(H,18,22)(H,20,23). The molecule has 0 aromatic carbocycles. The molecular formula is C16H17N5OS2. The van der Waals surface area contributed by atoms with Crippen LogP contribution >= 0.6 is 23.6 Å². The van der Waals surface area contributed by atoms with Crippen LogP contribution in [-0.4, -0.2) is 25.7 Å². The van der Waals surface area contributed by atoms with Gasteiger partial charge in [-0.1, -0.05) is 12.1 Å². The molecule has 24 heavy (non-hydrogen) atoms. The van der Waals surface area contributed by atoms with Gasteiger partial charge in [0.25, 0.3) is 0 Å². The van der Waals surface area contributed by atoms with Crippen LogP contribution in [0.1, 0.15) is 24.9 Å². The van der Waals surface area contributed by atoms with Gasteiger partial charge in [0.05, 0.1) is 10.9 Å². The van der Waals surface area contributed by atoms with Crippen LogP contribution in [0, 0.1) is 4.77 Å². The van der Waals surface area contributed by atoms with E-state index >= 15 is 0 Å². The van der Waals surface area contributed by atoms with Crippen LogP contribution < -0.4 is 5.32 Å². The van der Waals surface area contributed by atoms with Crippen LogP contribution in [0.3, 0.4) is 0 Å². The van der Waals surface area contributed by atoms with Crippen LogP contribution in [0.5, 0.6) is 0 Å². The Balaban J connectivity index is 1.63. The summed E-state index contributed by atoms with van der Waals surface area (Å²) in [4.78, 5) is 17.3. The Morgan fingerprint density at radius 3 is 3.04 bits per heavy atom. The number of aromatic amines is 1. The van der Waals surface area contributed by atoms with Gasteiger partial charge in [0, 0.05) is 25.4 Å². The number of hydrogen-bond acceptors (Lipinski definition) is 5. The molecule has 0 saturated carbocycles. The minimum atomic E-state index is -0.0831. The Labute approximate surface area is 148 Å². The monoisotopic (exact) mass is 359 g/mol. The third kappa shape index (κ3) is 3.77. The molecule has 1 atom stereocenters. The van der Waals surface area contributed by atoms with Crippen LogP contribution in [0.15, 0.2) is 42.0 Å². The summed E-state index contributed by atoms with van der Waals surface area (Å²) >= 11 is 6.86. The van der Waals surface area contributed by atoms with Crippen molar-refractivity contribution in [3.63, 3.8) is 0 Å². The second-order valence-electron chi connectivity index (χ2n) is 5.31. The number of nitrogens with zero attached hydrogens (tertiary/aromatic N) is 3. The first-order valence-electron chi connectivity index (χ1n) is 7.53. The van der Waals surface area contributed by atoms with Gasteiger partial charge in [-0.05, 0) is 42.2 Å². The number of rotatable bonds is 6. The van der Waals surface area contributed by atoms with Gasteiger partial charge in [-0.3, -0.25) is 19.4 Å². The fourth-order valence-corrected chi connectivity index (χ4v) is 3.31. The Morgan fingerprint density at radius 1 is 1.46 bits per heavy atom.